The van der Waals surface area contributed by atoms with E-state index in [9.17, 15) is 0 Å². The van der Waals surface area contributed by atoms with E-state index >= 15 is 0 Å². The predicted octanol–water partition coefficient (Wildman–Crippen LogP) is 1.25. The van der Waals surface area contributed by atoms with Crippen LogP contribution in [0.4, 0.5) is 0 Å². The lowest BCUT2D eigenvalue weighted by molar-refractivity contribution is 0.383. The maximum Gasteiger partial charge on any atom is 0.238 e. The van der Waals surface area contributed by atoms with Gasteiger partial charge in [-0.15, -0.1) is 11.6 Å². The summed E-state index contributed by atoms with van der Waals surface area (Å²) in [5.74, 6) is 2.20. The lowest BCUT2D eigenvalue weighted by Gasteiger charge is -1.92. The van der Waals surface area contributed by atoms with Crippen molar-refractivity contribution in [2.75, 3.05) is 5.88 Å². The molecule has 5 nitrogen and oxygen atoms in total. The standard InChI is InChI=1S/C8H9ClN4O/c1-13-5-4-10-8(13)7-11-6(2-3-9)14-12-7/h4-5H,2-3H2,1H3. The highest BCUT2D eigenvalue weighted by Gasteiger charge is 2.11. The van der Waals surface area contributed by atoms with E-state index in [0.29, 0.717) is 29.8 Å². The van der Waals surface area contributed by atoms with Gasteiger partial charge in [-0.25, -0.2) is 4.98 Å². The number of aromatic nitrogens is 4. The Morgan fingerprint density at radius 3 is 3.07 bits per heavy atom. The number of imidazole rings is 1. The van der Waals surface area contributed by atoms with Crippen molar-refractivity contribution in [3.63, 3.8) is 0 Å². The molecular formula is C8H9ClN4O. The van der Waals surface area contributed by atoms with Crippen molar-refractivity contribution >= 4 is 11.6 Å². The van der Waals surface area contributed by atoms with E-state index in [4.69, 9.17) is 16.1 Å². The third kappa shape index (κ3) is 1.63. The summed E-state index contributed by atoms with van der Waals surface area (Å²) in [5, 5.41) is 3.81. The highest BCUT2D eigenvalue weighted by Crippen LogP contribution is 2.12. The SMILES string of the molecule is Cn1ccnc1-c1noc(CCCl)n1. The lowest BCUT2D eigenvalue weighted by atomic mass is 10.5. The molecule has 0 amide bonds. The molecule has 74 valence electrons. The zero-order chi connectivity index (χ0) is 9.97. The first-order chi connectivity index (χ1) is 6.81. The summed E-state index contributed by atoms with van der Waals surface area (Å²) < 4.78 is 6.81. The van der Waals surface area contributed by atoms with Crippen LogP contribution < -0.4 is 0 Å². The number of nitrogens with zero attached hydrogens (tertiary/aromatic N) is 4. The Bertz CT molecular complexity index is 422. The van der Waals surface area contributed by atoms with E-state index in [1.54, 1.807) is 6.20 Å². The number of rotatable bonds is 3. The van der Waals surface area contributed by atoms with Gasteiger partial charge in [0.2, 0.25) is 11.7 Å². The summed E-state index contributed by atoms with van der Waals surface area (Å²) in [4.78, 5) is 8.26. The van der Waals surface area contributed by atoms with Gasteiger partial charge < -0.3 is 9.09 Å². The largest absolute Gasteiger partial charge is 0.339 e. The van der Waals surface area contributed by atoms with Gasteiger partial charge in [-0.1, -0.05) is 5.16 Å². The van der Waals surface area contributed by atoms with Gasteiger partial charge in [-0.05, 0) is 0 Å². The average molecular weight is 213 g/mol. The molecule has 0 radical (unpaired) electrons. The first kappa shape index (κ1) is 9.21. The minimum atomic E-state index is 0.474. The minimum Gasteiger partial charge on any atom is -0.339 e. The van der Waals surface area contributed by atoms with E-state index in [1.165, 1.54) is 0 Å². The summed E-state index contributed by atoms with van der Waals surface area (Å²) in [6.07, 6.45) is 4.10. The second-order valence-corrected chi connectivity index (χ2v) is 3.19. The fourth-order valence-corrected chi connectivity index (χ4v) is 1.27. The predicted molar refractivity (Wildman–Crippen MR) is 50.9 cm³/mol. The topological polar surface area (TPSA) is 56.7 Å². The molecule has 0 unspecified atom stereocenters. The molecule has 0 aliphatic heterocycles. The van der Waals surface area contributed by atoms with Crippen LogP contribution in [-0.4, -0.2) is 25.6 Å². The van der Waals surface area contributed by atoms with Crippen LogP contribution in [0, 0.1) is 0 Å². The highest BCUT2D eigenvalue weighted by atomic mass is 35.5. The molecule has 0 bridgehead atoms. The Labute approximate surface area is 85.7 Å². The maximum absolute atomic E-state index is 5.55. The van der Waals surface area contributed by atoms with Gasteiger partial charge in [0, 0.05) is 31.7 Å². The summed E-state index contributed by atoms with van der Waals surface area (Å²) in [6, 6.07) is 0. The number of aryl methyl sites for hydroxylation is 2. The Kier molecular flexibility index (Phi) is 2.49. The van der Waals surface area contributed by atoms with Crippen molar-refractivity contribution in [2.45, 2.75) is 6.42 Å². The molecule has 6 heteroatoms. The third-order valence-electron chi connectivity index (χ3n) is 1.80. The van der Waals surface area contributed by atoms with Crippen molar-refractivity contribution in [1.29, 1.82) is 0 Å². The molecule has 0 N–H and O–H groups in total. The lowest BCUT2D eigenvalue weighted by Crippen LogP contribution is -1.93. The number of halogens is 1. The van der Waals surface area contributed by atoms with Crippen molar-refractivity contribution in [2.24, 2.45) is 7.05 Å². The minimum absolute atomic E-state index is 0.474. The molecule has 2 aromatic heterocycles. The van der Waals surface area contributed by atoms with Crippen LogP contribution >= 0.6 is 11.6 Å². The fraction of sp³-hybridized carbons (Fsp3) is 0.375. The van der Waals surface area contributed by atoms with Gasteiger partial charge in [0.15, 0.2) is 5.82 Å². The van der Waals surface area contributed by atoms with Crippen molar-refractivity contribution in [3.05, 3.63) is 18.3 Å². The van der Waals surface area contributed by atoms with E-state index in [1.807, 2.05) is 17.8 Å². The van der Waals surface area contributed by atoms with Crippen molar-refractivity contribution in [1.82, 2.24) is 19.7 Å². The number of alkyl halides is 1. The van der Waals surface area contributed by atoms with Gasteiger partial charge in [0.05, 0.1) is 0 Å². The van der Waals surface area contributed by atoms with E-state index in [2.05, 4.69) is 15.1 Å². The number of hydrogen-bond acceptors (Lipinski definition) is 4. The molecule has 0 aliphatic carbocycles. The van der Waals surface area contributed by atoms with Crippen molar-refractivity contribution < 1.29 is 4.52 Å². The Balaban J connectivity index is 2.29. The van der Waals surface area contributed by atoms with Crippen molar-refractivity contribution in [3.8, 4) is 11.6 Å². The van der Waals surface area contributed by atoms with Crippen LogP contribution in [0.15, 0.2) is 16.9 Å². The highest BCUT2D eigenvalue weighted by molar-refractivity contribution is 6.17. The summed E-state index contributed by atoms with van der Waals surface area (Å²) in [6.45, 7) is 0. The average Bonchev–Trinajstić information content (AvgIpc) is 2.74. The van der Waals surface area contributed by atoms with Crippen LogP contribution in [0.2, 0.25) is 0 Å². The summed E-state index contributed by atoms with van der Waals surface area (Å²) >= 11 is 5.55. The van der Waals surface area contributed by atoms with E-state index in [-0.39, 0.29) is 0 Å². The Morgan fingerprint density at radius 1 is 1.57 bits per heavy atom. The molecule has 14 heavy (non-hydrogen) atoms. The first-order valence-corrected chi connectivity index (χ1v) is 4.71. The Morgan fingerprint density at radius 2 is 2.43 bits per heavy atom. The van der Waals surface area contributed by atoms with Crippen LogP contribution in [0.3, 0.4) is 0 Å². The molecule has 0 fully saturated rings. The summed E-state index contributed by atoms with van der Waals surface area (Å²) in [5.41, 5.74) is 0. The Hall–Kier alpha value is -1.36. The summed E-state index contributed by atoms with van der Waals surface area (Å²) in [7, 11) is 1.87. The normalized spacial score (nSPS) is 10.7. The zero-order valence-electron chi connectivity index (χ0n) is 7.64. The van der Waals surface area contributed by atoms with Gasteiger partial charge in [-0.2, -0.15) is 4.98 Å². The molecular weight excluding hydrogens is 204 g/mol. The van der Waals surface area contributed by atoms with Gasteiger partial charge in [0.1, 0.15) is 0 Å². The molecule has 0 aliphatic rings. The zero-order valence-corrected chi connectivity index (χ0v) is 8.40. The van der Waals surface area contributed by atoms with Gasteiger partial charge in [-0.3, -0.25) is 0 Å². The quantitative estimate of drug-likeness (QED) is 0.719. The molecule has 0 saturated heterocycles. The van der Waals surface area contributed by atoms with Crippen LogP contribution in [0.1, 0.15) is 5.89 Å². The second kappa shape index (κ2) is 3.79. The van der Waals surface area contributed by atoms with E-state index < -0.39 is 0 Å². The smallest absolute Gasteiger partial charge is 0.238 e. The molecule has 0 atom stereocenters. The monoisotopic (exact) mass is 212 g/mol. The molecule has 2 aromatic rings. The molecule has 0 aromatic carbocycles. The van der Waals surface area contributed by atoms with Crippen LogP contribution in [0.5, 0.6) is 0 Å². The van der Waals surface area contributed by atoms with Crippen LogP contribution in [-0.2, 0) is 13.5 Å². The third-order valence-corrected chi connectivity index (χ3v) is 1.99. The first-order valence-electron chi connectivity index (χ1n) is 4.17. The molecule has 0 saturated carbocycles. The van der Waals surface area contributed by atoms with Crippen LogP contribution in [0.25, 0.3) is 11.6 Å². The number of hydrogen-bond donors (Lipinski definition) is 0. The second-order valence-electron chi connectivity index (χ2n) is 2.81. The van der Waals surface area contributed by atoms with E-state index in [0.717, 1.165) is 0 Å². The molecule has 2 rings (SSSR count). The van der Waals surface area contributed by atoms with Gasteiger partial charge >= 0.3 is 0 Å². The fourth-order valence-electron chi connectivity index (χ4n) is 1.11. The molecule has 2 heterocycles. The van der Waals surface area contributed by atoms with Gasteiger partial charge in [0.25, 0.3) is 0 Å². The maximum atomic E-state index is 5.55. The molecule has 0 spiro atoms.